The van der Waals surface area contributed by atoms with Crippen molar-refractivity contribution in [1.29, 1.82) is 0 Å². The summed E-state index contributed by atoms with van der Waals surface area (Å²) < 4.78 is 0. The summed E-state index contributed by atoms with van der Waals surface area (Å²) in [4.78, 5) is 14.3. The largest absolute Gasteiger partial charge is 0.281 e. The maximum Gasteiger partial charge on any atom is 0.226 e. The molecule has 0 saturated heterocycles. The summed E-state index contributed by atoms with van der Waals surface area (Å²) in [6.07, 6.45) is 2.87. The summed E-state index contributed by atoms with van der Waals surface area (Å²) in [6.45, 7) is 0. The zero-order chi connectivity index (χ0) is 9.14. The molecule has 1 rings (SSSR count). The van der Waals surface area contributed by atoms with E-state index >= 15 is 0 Å². The van der Waals surface area contributed by atoms with Crippen LogP contribution >= 0.6 is 34.8 Å². The molecule has 0 radical (unpaired) electrons. The predicted octanol–water partition coefficient (Wildman–Crippen LogP) is 2.70. The molecule has 0 unspecified atom stereocenters. The number of carbonyl (C=O) groups is 1. The molecular weight excluding hydrogens is 220 g/mol. The van der Waals surface area contributed by atoms with Gasteiger partial charge >= 0.3 is 0 Å². The zero-order valence-corrected chi connectivity index (χ0v) is 8.12. The Morgan fingerprint density at radius 3 is 2.25 bits per heavy atom. The fourth-order valence-electron chi connectivity index (χ4n) is 0.746. The lowest BCUT2D eigenvalue weighted by atomic mass is 10.2. The van der Waals surface area contributed by atoms with Crippen LogP contribution in [0.1, 0.15) is 5.56 Å². The molecule has 0 aliphatic rings. The number of hydrogen-bond donors (Lipinski definition) is 0. The molecule has 0 atom stereocenters. The van der Waals surface area contributed by atoms with Crippen molar-refractivity contribution in [2.75, 3.05) is 0 Å². The van der Waals surface area contributed by atoms with Gasteiger partial charge in [-0.15, -0.1) is 0 Å². The highest BCUT2D eigenvalue weighted by molar-refractivity contribution is 6.63. The highest BCUT2D eigenvalue weighted by Crippen LogP contribution is 2.23. The van der Waals surface area contributed by atoms with Gasteiger partial charge in [0.15, 0.2) is 0 Å². The Balaban J connectivity index is 3.04. The van der Waals surface area contributed by atoms with Crippen LogP contribution in [0.15, 0.2) is 12.4 Å². The third kappa shape index (κ3) is 2.34. The van der Waals surface area contributed by atoms with Crippen LogP contribution in [0.5, 0.6) is 0 Å². The van der Waals surface area contributed by atoms with E-state index in [1.165, 1.54) is 12.4 Å². The van der Waals surface area contributed by atoms with Gasteiger partial charge in [0.2, 0.25) is 5.24 Å². The Labute approximate surface area is 84.5 Å². The van der Waals surface area contributed by atoms with Crippen molar-refractivity contribution >= 4 is 40.0 Å². The van der Waals surface area contributed by atoms with Crippen LogP contribution in [0.2, 0.25) is 10.0 Å². The first-order valence-corrected chi connectivity index (χ1v) is 4.21. The molecule has 0 fully saturated rings. The van der Waals surface area contributed by atoms with Gasteiger partial charge in [-0.3, -0.25) is 9.78 Å². The van der Waals surface area contributed by atoms with E-state index in [1.54, 1.807) is 0 Å². The van der Waals surface area contributed by atoms with Gasteiger partial charge in [-0.2, -0.15) is 0 Å². The maximum atomic E-state index is 10.5. The molecular formula is C7H4Cl3NO. The van der Waals surface area contributed by atoms with E-state index in [2.05, 4.69) is 4.98 Å². The molecule has 0 amide bonds. The van der Waals surface area contributed by atoms with Gasteiger partial charge < -0.3 is 0 Å². The first-order valence-electron chi connectivity index (χ1n) is 3.07. The van der Waals surface area contributed by atoms with Gasteiger partial charge in [-0.05, 0) is 11.6 Å². The summed E-state index contributed by atoms with van der Waals surface area (Å²) in [6, 6.07) is 0. The monoisotopic (exact) mass is 223 g/mol. The summed E-state index contributed by atoms with van der Waals surface area (Å²) >= 11 is 16.6. The molecule has 0 saturated carbocycles. The second-order valence-electron chi connectivity index (χ2n) is 2.11. The van der Waals surface area contributed by atoms with E-state index in [4.69, 9.17) is 34.8 Å². The zero-order valence-electron chi connectivity index (χ0n) is 5.85. The lowest BCUT2D eigenvalue weighted by Gasteiger charge is -2.01. The fraction of sp³-hybridized carbons (Fsp3) is 0.143. The molecule has 12 heavy (non-hydrogen) atoms. The average Bonchev–Trinajstić information content (AvgIpc) is 1.97. The number of aromatic nitrogens is 1. The number of pyridine rings is 1. The molecule has 1 heterocycles. The Kier molecular flexibility index (Phi) is 3.32. The molecule has 0 aliphatic carbocycles. The van der Waals surface area contributed by atoms with Gasteiger partial charge in [-0.25, -0.2) is 0 Å². The maximum absolute atomic E-state index is 10.5. The van der Waals surface area contributed by atoms with Crippen LogP contribution in [0, 0.1) is 0 Å². The van der Waals surface area contributed by atoms with Crippen LogP contribution in [-0.4, -0.2) is 10.2 Å². The third-order valence-corrected chi connectivity index (χ3v) is 2.05. The van der Waals surface area contributed by atoms with Crippen LogP contribution in [-0.2, 0) is 11.2 Å². The third-order valence-electron chi connectivity index (χ3n) is 1.27. The molecule has 0 aromatic carbocycles. The van der Waals surface area contributed by atoms with Crippen molar-refractivity contribution < 1.29 is 4.79 Å². The summed E-state index contributed by atoms with van der Waals surface area (Å²) in [5.41, 5.74) is 0.522. The van der Waals surface area contributed by atoms with Crippen molar-refractivity contribution in [2.24, 2.45) is 0 Å². The van der Waals surface area contributed by atoms with Crippen molar-refractivity contribution in [3.63, 3.8) is 0 Å². The lowest BCUT2D eigenvalue weighted by Crippen LogP contribution is -1.96. The van der Waals surface area contributed by atoms with Crippen LogP contribution in [0.4, 0.5) is 0 Å². The normalized spacial score (nSPS) is 9.92. The average molecular weight is 224 g/mol. The molecule has 0 spiro atoms. The van der Waals surface area contributed by atoms with E-state index in [0.717, 1.165) is 0 Å². The minimum Gasteiger partial charge on any atom is -0.281 e. The van der Waals surface area contributed by atoms with Crippen molar-refractivity contribution in [3.05, 3.63) is 28.0 Å². The Morgan fingerprint density at radius 2 is 1.83 bits per heavy atom. The number of carbonyl (C=O) groups excluding carboxylic acids is 1. The Hall–Kier alpha value is -0.310. The predicted molar refractivity (Wildman–Crippen MR) is 48.8 cm³/mol. The first kappa shape index (κ1) is 9.78. The fourth-order valence-corrected chi connectivity index (χ4v) is 1.38. The number of rotatable bonds is 2. The van der Waals surface area contributed by atoms with Crippen LogP contribution < -0.4 is 0 Å². The number of nitrogens with zero attached hydrogens (tertiary/aromatic N) is 1. The molecule has 0 aliphatic heterocycles. The van der Waals surface area contributed by atoms with Gasteiger partial charge in [0, 0.05) is 24.4 Å². The smallest absolute Gasteiger partial charge is 0.226 e. The van der Waals surface area contributed by atoms with E-state index in [9.17, 15) is 4.79 Å². The topological polar surface area (TPSA) is 30.0 Å². The number of hydrogen-bond acceptors (Lipinski definition) is 2. The minimum absolute atomic E-state index is 0.0295. The quantitative estimate of drug-likeness (QED) is 0.723. The summed E-state index contributed by atoms with van der Waals surface area (Å²) in [5.74, 6) is 0. The summed E-state index contributed by atoms with van der Waals surface area (Å²) in [5, 5.41) is 0.220. The van der Waals surface area contributed by atoms with Crippen molar-refractivity contribution in [3.8, 4) is 0 Å². The van der Waals surface area contributed by atoms with Crippen LogP contribution in [0.25, 0.3) is 0 Å². The molecule has 64 valence electrons. The lowest BCUT2D eigenvalue weighted by molar-refractivity contribution is -0.111. The molecule has 1 aromatic heterocycles. The van der Waals surface area contributed by atoms with E-state index in [1.807, 2.05) is 0 Å². The van der Waals surface area contributed by atoms with E-state index in [0.29, 0.717) is 15.6 Å². The molecule has 0 N–H and O–H groups in total. The SMILES string of the molecule is O=C(Cl)Cc1c(Cl)cncc1Cl. The summed E-state index contributed by atoms with van der Waals surface area (Å²) in [7, 11) is 0. The van der Waals surface area contributed by atoms with Gasteiger partial charge in [0.05, 0.1) is 10.0 Å². The molecule has 2 nitrogen and oxygen atoms in total. The molecule has 0 bridgehead atoms. The van der Waals surface area contributed by atoms with Crippen LogP contribution in [0.3, 0.4) is 0 Å². The van der Waals surface area contributed by atoms with Gasteiger partial charge in [0.1, 0.15) is 0 Å². The second-order valence-corrected chi connectivity index (χ2v) is 3.35. The van der Waals surface area contributed by atoms with E-state index < -0.39 is 5.24 Å². The Bertz CT molecular complexity index is 293. The van der Waals surface area contributed by atoms with Gasteiger partial charge in [-0.1, -0.05) is 23.2 Å². The molecule has 1 aromatic rings. The first-order chi connectivity index (χ1) is 5.61. The van der Waals surface area contributed by atoms with Crippen molar-refractivity contribution in [2.45, 2.75) is 6.42 Å². The highest BCUT2D eigenvalue weighted by atomic mass is 35.5. The number of halogens is 3. The standard InChI is InChI=1S/C7H4Cl3NO/c8-5-2-11-3-6(9)4(5)1-7(10)12/h2-3H,1H2. The molecule has 5 heteroatoms. The Morgan fingerprint density at radius 1 is 1.33 bits per heavy atom. The van der Waals surface area contributed by atoms with E-state index in [-0.39, 0.29) is 6.42 Å². The van der Waals surface area contributed by atoms with Crippen molar-refractivity contribution in [1.82, 2.24) is 4.98 Å². The second kappa shape index (κ2) is 4.08. The van der Waals surface area contributed by atoms with Gasteiger partial charge in [0.25, 0.3) is 0 Å². The minimum atomic E-state index is -0.495. The highest BCUT2D eigenvalue weighted by Gasteiger charge is 2.08.